The Morgan fingerprint density at radius 2 is 0.952 bits per heavy atom. The number of allylic oxidation sites excluding steroid dienone is 4. The summed E-state index contributed by atoms with van der Waals surface area (Å²) in [6, 6.07) is 14.5. The first-order chi connectivity index (χ1) is 20.0. The standard InChI is InChI=1S/C36H38O6/c1-21(2)15-17-25-23(5)33(39)27-11-7-9-13-29(27)35(25)41-31(37)19-20-32(38)42-36-26(18-16-22(3)4)24(6)34(40)28-12-8-10-14-30(28)36/h7-16,39-40H,17-20H2,1-6H3. The summed E-state index contributed by atoms with van der Waals surface area (Å²) in [4.78, 5) is 26.2. The maximum absolute atomic E-state index is 13.1. The molecule has 0 fully saturated rings. The van der Waals surface area contributed by atoms with Crippen LogP contribution in [0.1, 0.15) is 62.8 Å². The highest BCUT2D eigenvalue weighted by Gasteiger charge is 2.22. The van der Waals surface area contributed by atoms with E-state index in [4.69, 9.17) is 9.47 Å². The van der Waals surface area contributed by atoms with E-state index in [1.807, 2.05) is 76.2 Å². The molecule has 0 atom stereocenters. The number of fused-ring (bicyclic) bond motifs is 2. The van der Waals surface area contributed by atoms with Crippen LogP contribution in [0.5, 0.6) is 23.0 Å². The average molecular weight is 567 g/mol. The van der Waals surface area contributed by atoms with E-state index in [2.05, 4.69) is 0 Å². The first-order valence-electron chi connectivity index (χ1n) is 14.1. The predicted octanol–water partition coefficient (Wildman–Crippen LogP) is 8.33. The number of benzene rings is 4. The van der Waals surface area contributed by atoms with Crippen LogP contribution in [-0.2, 0) is 22.4 Å². The molecule has 6 heteroatoms. The molecule has 0 aromatic heterocycles. The molecular weight excluding hydrogens is 528 g/mol. The second-order valence-electron chi connectivity index (χ2n) is 11.1. The van der Waals surface area contributed by atoms with Crippen LogP contribution in [0.3, 0.4) is 0 Å². The van der Waals surface area contributed by atoms with E-state index in [-0.39, 0.29) is 24.3 Å². The van der Waals surface area contributed by atoms with Crippen molar-refractivity contribution >= 4 is 33.5 Å². The van der Waals surface area contributed by atoms with Gasteiger partial charge in [-0.3, -0.25) is 9.59 Å². The van der Waals surface area contributed by atoms with E-state index >= 15 is 0 Å². The van der Waals surface area contributed by atoms with Gasteiger partial charge in [-0.2, -0.15) is 0 Å². The smallest absolute Gasteiger partial charge is 0.311 e. The lowest BCUT2D eigenvalue weighted by molar-refractivity contribution is -0.140. The fourth-order valence-electron chi connectivity index (χ4n) is 5.00. The second-order valence-corrected chi connectivity index (χ2v) is 11.1. The van der Waals surface area contributed by atoms with Crippen molar-refractivity contribution in [1.82, 2.24) is 0 Å². The molecule has 0 amide bonds. The fraction of sp³-hybridized carbons (Fsp3) is 0.278. The van der Waals surface area contributed by atoms with Crippen molar-refractivity contribution < 1.29 is 29.3 Å². The summed E-state index contributed by atoms with van der Waals surface area (Å²) in [5.74, 6) is -0.0471. The average Bonchev–Trinajstić information content (AvgIpc) is 2.96. The van der Waals surface area contributed by atoms with Gasteiger partial charge in [0, 0.05) is 32.7 Å². The molecule has 0 bridgehead atoms. The summed E-state index contributed by atoms with van der Waals surface area (Å²) in [6.07, 6.45) is 4.63. The third-order valence-corrected chi connectivity index (χ3v) is 7.41. The number of hydrogen-bond acceptors (Lipinski definition) is 6. The Hall–Kier alpha value is -4.58. The lowest BCUT2D eigenvalue weighted by atomic mass is 9.96. The van der Waals surface area contributed by atoms with Gasteiger partial charge in [0.15, 0.2) is 0 Å². The molecule has 0 aliphatic rings. The van der Waals surface area contributed by atoms with Crippen molar-refractivity contribution in [3.63, 3.8) is 0 Å². The number of esters is 2. The Kier molecular flexibility index (Phi) is 9.36. The maximum atomic E-state index is 13.1. The first kappa shape index (κ1) is 30.4. The number of carbonyl (C=O) groups excluding carboxylic acids is 2. The minimum absolute atomic E-state index is 0.159. The molecule has 4 rings (SSSR count). The third-order valence-electron chi connectivity index (χ3n) is 7.41. The largest absolute Gasteiger partial charge is 0.507 e. The number of carbonyl (C=O) groups is 2. The molecule has 4 aromatic rings. The van der Waals surface area contributed by atoms with Gasteiger partial charge in [-0.05, 0) is 65.5 Å². The summed E-state index contributed by atoms with van der Waals surface area (Å²) in [5, 5.41) is 24.1. The summed E-state index contributed by atoms with van der Waals surface area (Å²) in [6.45, 7) is 11.5. The Morgan fingerprint density at radius 1 is 0.619 bits per heavy atom. The van der Waals surface area contributed by atoms with Crippen LogP contribution in [0.15, 0.2) is 71.8 Å². The van der Waals surface area contributed by atoms with Crippen LogP contribution >= 0.6 is 0 Å². The monoisotopic (exact) mass is 566 g/mol. The molecule has 0 spiro atoms. The minimum atomic E-state index is -0.572. The number of rotatable bonds is 9. The van der Waals surface area contributed by atoms with E-state index in [1.54, 1.807) is 26.0 Å². The highest BCUT2D eigenvalue weighted by Crippen LogP contribution is 2.42. The first-order valence-corrected chi connectivity index (χ1v) is 14.1. The summed E-state index contributed by atoms with van der Waals surface area (Å²) in [7, 11) is 0. The Bertz CT molecular complexity index is 1600. The molecular formula is C36H38O6. The van der Waals surface area contributed by atoms with E-state index in [9.17, 15) is 19.8 Å². The van der Waals surface area contributed by atoms with Crippen LogP contribution in [0.25, 0.3) is 21.5 Å². The molecule has 2 N–H and O–H groups in total. The molecule has 0 aliphatic carbocycles. The van der Waals surface area contributed by atoms with Crippen molar-refractivity contribution in [1.29, 1.82) is 0 Å². The third kappa shape index (κ3) is 6.49. The topological polar surface area (TPSA) is 93.1 Å². The quantitative estimate of drug-likeness (QED) is 0.120. The SMILES string of the molecule is CC(C)=CCc1c(C)c(O)c2ccccc2c1OC(=O)CCC(=O)Oc1c(CC=C(C)C)c(C)c(O)c2ccccc12. The summed E-state index contributed by atoms with van der Waals surface area (Å²) < 4.78 is 11.8. The van der Waals surface area contributed by atoms with Gasteiger partial charge < -0.3 is 19.7 Å². The zero-order valence-corrected chi connectivity index (χ0v) is 25.1. The van der Waals surface area contributed by atoms with E-state index in [0.29, 0.717) is 57.0 Å². The van der Waals surface area contributed by atoms with Gasteiger partial charge in [0.2, 0.25) is 0 Å². The van der Waals surface area contributed by atoms with E-state index < -0.39 is 11.9 Å². The lowest BCUT2D eigenvalue weighted by Crippen LogP contribution is -2.16. The number of hydrogen-bond donors (Lipinski definition) is 2. The van der Waals surface area contributed by atoms with Crippen molar-refractivity contribution in [2.75, 3.05) is 0 Å². The van der Waals surface area contributed by atoms with E-state index in [0.717, 1.165) is 22.3 Å². The number of phenols is 2. The zero-order chi connectivity index (χ0) is 30.6. The Balaban J connectivity index is 1.59. The van der Waals surface area contributed by atoms with Crippen molar-refractivity contribution in [3.05, 3.63) is 94.1 Å². The molecule has 0 aliphatic heterocycles. The maximum Gasteiger partial charge on any atom is 0.311 e. The Morgan fingerprint density at radius 3 is 1.29 bits per heavy atom. The van der Waals surface area contributed by atoms with Gasteiger partial charge in [-0.25, -0.2) is 0 Å². The lowest BCUT2D eigenvalue weighted by Gasteiger charge is -2.18. The zero-order valence-electron chi connectivity index (χ0n) is 25.1. The predicted molar refractivity (Wildman–Crippen MR) is 167 cm³/mol. The minimum Gasteiger partial charge on any atom is -0.507 e. The van der Waals surface area contributed by atoms with Crippen LogP contribution in [0.2, 0.25) is 0 Å². The molecule has 0 saturated carbocycles. The van der Waals surface area contributed by atoms with Crippen molar-refractivity contribution in [2.24, 2.45) is 0 Å². The van der Waals surface area contributed by atoms with E-state index in [1.165, 1.54) is 0 Å². The molecule has 6 nitrogen and oxygen atoms in total. The van der Waals surface area contributed by atoms with Crippen LogP contribution in [-0.4, -0.2) is 22.2 Å². The van der Waals surface area contributed by atoms with Gasteiger partial charge in [0.25, 0.3) is 0 Å². The summed E-state index contributed by atoms with van der Waals surface area (Å²) in [5.41, 5.74) is 4.93. The fourth-order valence-corrected chi connectivity index (χ4v) is 5.00. The molecule has 0 unspecified atom stereocenters. The van der Waals surface area contributed by atoms with Crippen molar-refractivity contribution in [2.45, 2.75) is 67.2 Å². The molecule has 218 valence electrons. The highest BCUT2D eigenvalue weighted by atomic mass is 16.5. The molecule has 4 aromatic carbocycles. The van der Waals surface area contributed by atoms with Gasteiger partial charge in [0.05, 0.1) is 12.8 Å². The van der Waals surface area contributed by atoms with Crippen molar-refractivity contribution in [3.8, 4) is 23.0 Å². The molecule has 0 radical (unpaired) electrons. The highest BCUT2D eigenvalue weighted by molar-refractivity contribution is 5.98. The normalized spacial score (nSPS) is 10.9. The number of ether oxygens (including phenoxy) is 2. The van der Waals surface area contributed by atoms with Gasteiger partial charge in [-0.1, -0.05) is 71.8 Å². The van der Waals surface area contributed by atoms with Gasteiger partial charge >= 0.3 is 11.9 Å². The van der Waals surface area contributed by atoms with Crippen LogP contribution < -0.4 is 9.47 Å². The van der Waals surface area contributed by atoms with Crippen LogP contribution in [0.4, 0.5) is 0 Å². The molecule has 0 heterocycles. The summed E-state index contributed by atoms with van der Waals surface area (Å²) >= 11 is 0. The molecule has 0 saturated heterocycles. The van der Waals surface area contributed by atoms with Gasteiger partial charge in [-0.15, -0.1) is 0 Å². The van der Waals surface area contributed by atoms with Gasteiger partial charge in [0.1, 0.15) is 23.0 Å². The second kappa shape index (κ2) is 12.9. The number of aromatic hydroxyl groups is 2. The Labute approximate surface area is 246 Å². The molecule has 42 heavy (non-hydrogen) atoms. The number of phenolic OH excluding ortho intramolecular Hbond substituents is 2. The van der Waals surface area contributed by atoms with Crippen LogP contribution in [0, 0.1) is 13.8 Å².